The number of hydrogen-bond acceptors (Lipinski definition) is 3. The fourth-order valence-corrected chi connectivity index (χ4v) is 2.89. The highest BCUT2D eigenvalue weighted by molar-refractivity contribution is 5.97. The quantitative estimate of drug-likeness (QED) is 0.886. The molecular weight excluding hydrogens is 282 g/mol. The molecule has 2 aliphatic rings. The lowest BCUT2D eigenvalue weighted by Gasteiger charge is -2.20. The molecular formula is C16H21N3O3. The Hall–Kier alpha value is -2.08. The predicted octanol–water partition coefficient (Wildman–Crippen LogP) is 1.51. The Morgan fingerprint density at radius 3 is 2.77 bits per heavy atom. The molecule has 2 heterocycles. The van der Waals surface area contributed by atoms with Crippen LogP contribution in [0.5, 0.6) is 0 Å². The lowest BCUT2D eigenvalue weighted by Crippen LogP contribution is -2.40. The van der Waals surface area contributed by atoms with Crippen molar-refractivity contribution < 1.29 is 14.3 Å². The molecule has 0 aliphatic carbocycles. The summed E-state index contributed by atoms with van der Waals surface area (Å²) < 4.78 is 5.58. The number of nitrogens with one attached hydrogen (secondary N) is 2. The van der Waals surface area contributed by atoms with Gasteiger partial charge in [0.1, 0.15) is 0 Å². The van der Waals surface area contributed by atoms with Crippen LogP contribution in [0.3, 0.4) is 0 Å². The third-order valence-corrected chi connectivity index (χ3v) is 4.18. The van der Waals surface area contributed by atoms with Crippen LogP contribution in [-0.2, 0) is 4.74 Å². The maximum absolute atomic E-state index is 12.2. The average Bonchev–Trinajstić information content (AvgIpc) is 3.18. The molecule has 1 aromatic rings. The molecule has 2 aliphatic heterocycles. The van der Waals surface area contributed by atoms with Crippen molar-refractivity contribution in [1.82, 2.24) is 10.6 Å². The maximum Gasteiger partial charge on any atom is 0.321 e. The summed E-state index contributed by atoms with van der Waals surface area (Å²) in [5.74, 6) is -0.111. The van der Waals surface area contributed by atoms with Gasteiger partial charge in [-0.1, -0.05) is 0 Å². The predicted molar refractivity (Wildman–Crippen MR) is 83.1 cm³/mol. The fourth-order valence-electron chi connectivity index (χ4n) is 2.89. The topological polar surface area (TPSA) is 70.7 Å². The molecule has 2 fully saturated rings. The van der Waals surface area contributed by atoms with Gasteiger partial charge >= 0.3 is 6.03 Å². The number of nitrogens with zero attached hydrogens (tertiary/aromatic N) is 1. The molecule has 22 heavy (non-hydrogen) atoms. The molecule has 3 amide bonds. The van der Waals surface area contributed by atoms with E-state index in [0.717, 1.165) is 25.1 Å². The van der Waals surface area contributed by atoms with E-state index in [-0.39, 0.29) is 24.1 Å². The van der Waals surface area contributed by atoms with Gasteiger partial charge in [-0.3, -0.25) is 9.69 Å². The maximum atomic E-state index is 12.2. The zero-order valence-corrected chi connectivity index (χ0v) is 12.7. The minimum atomic E-state index is -0.111. The number of carbonyl (C=O) groups is 2. The van der Waals surface area contributed by atoms with Crippen LogP contribution < -0.4 is 15.5 Å². The van der Waals surface area contributed by atoms with Crippen LogP contribution in [0.2, 0.25) is 0 Å². The Kier molecular flexibility index (Phi) is 4.29. The van der Waals surface area contributed by atoms with Crippen molar-refractivity contribution >= 4 is 17.6 Å². The van der Waals surface area contributed by atoms with Gasteiger partial charge in [-0.25, -0.2) is 4.79 Å². The molecule has 2 saturated heterocycles. The lowest BCUT2D eigenvalue weighted by atomic mass is 10.1. The van der Waals surface area contributed by atoms with Gasteiger partial charge in [0.15, 0.2) is 0 Å². The van der Waals surface area contributed by atoms with E-state index in [1.165, 1.54) is 0 Å². The van der Waals surface area contributed by atoms with Crippen molar-refractivity contribution in [2.45, 2.75) is 31.9 Å². The number of benzene rings is 1. The third kappa shape index (κ3) is 3.06. The molecule has 6 nitrogen and oxygen atoms in total. The van der Waals surface area contributed by atoms with Crippen LogP contribution in [0, 0.1) is 0 Å². The smallest absolute Gasteiger partial charge is 0.321 e. The van der Waals surface area contributed by atoms with Crippen molar-refractivity contribution in [2.24, 2.45) is 0 Å². The van der Waals surface area contributed by atoms with Gasteiger partial charge in [-0.15, -0.1) is 0 Å². The van der Waals surface area contributed by atoms with Gasteiger partial charge in [-0.05, 0) is 44.0 Å². The van der Waals surface area contributed by atoms with E-state index in [2.05, 4.69) is 10.6 Å². The van der Waals surface area contributed by atoms with E-state index in [1.807, 2.05) is 6.92 Å². The van der Waals surface area contributed by atoms with E-state index < -0.39 is 0 Å². The summed E-state index contributed by atoms with van der Waals surface area (Å²) >= 11 is 0. The zero-order chi connectivity index (χ0) is 15.5. The molecule has 0 aromatic heterocycles. The molecule has 3 rings (SSSR count). The first-order chi connectivity index (χ1) is 10.6. The van der Waals surface area contributed by atoms with E-state index in [0.29, 0.717) is 18.7 Å². The average molecular weight is 303 g/mol. The van der Waals surface area contributed by atoms with Crippen molar-refractivity contribution in [1.29, 1.82) is 0 Å². The van der Waals surface area contributed by atoms with Crippen LogP contribution in [0.1, 0.15) is 30.1 Å². The molecule has 2 atom stereocenters. The molecule has 0 saturated carbocycles. The number of urea groups is 1. The number of amides is 3. The van der Waals surface area contributed by atoms with Crippen LogP contribution in [0.15, 0.2) is 24.3 Å². The minimum absolute atomic E-state index is 0.000892. The van der Waals surface area contributed by atoms with Crippen LogP contribution in [0.4, 0.5) is 10.5 Å². The summed E-state index contributed by atoms with van der Waals surface area (Å²) in [6, 6.07) is 7.01. The van der Waals surface area contributed by atoms with E-state index in [4.69, 9.17) is 4.74 Å². The van der Waals surface area contributed by atoms with E-state index in [1.54, 1.807) is 29.2 Å². The molecule has 0 spiro atoms. The summed E-state index contributed by atoms with van der Waals surface area (Å²) in [6.45, 7) is 4.05. The highest BCUT2D eigenvalue weighted by Gasteiger charge is 2.24. The SMILES string of the molecule is C[C@H](NC(=O)c1ccc(N2CCNC2=O)cc1)[C@H]1CCCO1. The summed E-state index contributed by atoms with van der Waals surface area (Å²) in [5, 5.41) is 5.74. The fraction of sp³-hybridized carbons (Fsp3) is 0.500. The number of hydrogen-bond donors (Lipinski definition) is 2. The third-order valence-electron chi connectivity index (χ3n) is 4.18. The summed E-state index contributed by atoms with van der Waals surface area (Å²) in [6.07, 6.45) is 2.15. The van der Waals surface area contributed by atoms with Gasteiger partial charge in [-0.2, -0.15) is 0 Å². The first-order valence-electron chi connectivity index (χ1n) is 7.73. The Labute approximate surface area is 129 Å². The van der Waals surface area contributed by atoms with Gasteiger partial charge in [0.05, 0.1) is 12.1 Å². The molecule has 0 unspecified atom stereocenters. The standard InChI is InChI=1S/C16H21N3O3/c1-11(14-3-2-10-22-14)18-15(20)12-4-6-13(7-5-12)19-9-8-17-16(19)21/h4-7,11,14H,2-3,8-10H2,1H3,(H,17,21)(H,18,20)/t11-,14+/m0/s1. The monoisotopic (exact) mass is 303 g/mol. The Bertz CT molecular complexity index is 552. The Morgan fingerprint density at radius 1 is 1.41 bits per heavy atom. The second-order valence-electron chi connectivity index (χ2n) is 5.74. The first-order valence-corrected chi connectivity index (χ1v) is 7.73. The van der Waals surface area contributed by atoms with Crippen LogP contribution in [0.25, 0.3) is 0 Å². The van der Waals surface area contributed by atoms with Gasteiger partial charge in [0.25, 0.3) is 5.91 Å². The lowest BCUT2D eigenvalue weighted by molar-refractivity contribution is 0.0712. The number of anilines is 1. The van der Waals surface area contributed by atoms with Crippen LogP contribution >= 0.6 is 0 Å². The largest absolute Gasteiger partial charge is 0.376 e. The van der Waals surface area contributed by atoms with E-state index in [9.17, 15) is 9.59 Å². The minimum Gasteiger partial charge on any atom is -0.376 e. The Balaban J connectivity index is 1.62. The second kappa shape index (κ2) is 6.36. The van der Waals surface area contributed by atoms with Crippen molar-refractivity contribution in [2.75, 3.05) is 24.6 Å². The molecule has 2 N–H and O–H groups in total. The van der Waals surface area contributed by atoms with Crippen molar-refractivity contribution in [3.8, 4) is 0 Å². The highest BCUT2D eigenvalue weighted by Crippen LogP contribution is 2.18. The molecule has 0 radical (unpaired) electrons. The zero-order valence-electron chi connectivity index (χ0n) is 12.7. The summed E-state index contributed by atoms with van der Waals surface area (Å²) in [7, 11) is 0. The summed E-state index contributed by atoms with van der Waals surface area (Å²) in [5.41, 5.74) is 1.40. The van der Waals surface area contributed by atoms with Crippen molar-refractivity contribution in [3.05, 3.63) is 29.8 Å². The molecule has 0 bridgehead atoms. The number of carbonyl (C=O) groups excluding carboxylic acids is 2. The van der Waals surface area contributed by atoms with Crippen LogP contribution in [-0.4, -0.2) is 43.8 Å². The van der Waals surface area contributed by atoms with Gasteiger partial charge < -0.3 is 15.4 Å². The number of ether oxygens (including phenoxy) is 1. The first kappa shape index (κ1) is 14.8. The molecule has 1 aromatic carbocycles. The highest BCUT2D eigenvalue weighted by atomic mass is 16.5. The second-order valence-corrected chi connectivity index (χ2v) is 5.74. The number of rotatable bonds is 4. The molecule has 6 heteroatoms. The van der Waals surface area contributed by atoms with Gasteiger partial charge in [0, 0.05) is 30.9 Å². The normalized spacial score (nSPS) is 22.5. The van der Waals surface area contributed by atoms with Crippen molar-refractivity contribution in [3.63, 3.8) is 0 Å². The summed E-state index contributed by atoms with van der Waals surface area (Å²) in [4.78, 5) is 25.5. The Morgan fingerprint density at radius 2 is 2.18 bits per heavy atom. The molecule has 118 valence electrons. The van der Waals surface area contributed by atoms with E-state index >= 15 is 0 Å². The van der Waals surface area contributed by atoms with Gasteiger partial charge in [0.2, 0.25) is 0 Å².